The average molecular weight is 305 g/mol. The van der Waals surface area contributed by atoms with Gasteiger partial charge in [0.15, 0.2) is 0 Å². The highest BCUT2D eigenvalue weighted by Gasteiger charge is 2.13. The number of aromatic amines is 1. The van der Waals surface area contributed by atoms with E-state index in [9.17, 15) is 9.59 Å². The lowest BCUT2D eigenvalue weighted by Crippen LogP contribution is -2.27. The van der Waals surface area contributed by atoms with Gasteiger partial charge in [0.1, 0.15) is 5.82 Å². The number of hydrogen-bond acceptors (Lipinski definition) is 4. The summed E-state index contributed by atoms with van der Waals surface area (Å²) in [5.74, 6) is 0.531. The van der Waals surface area contributed by atoms with Crippen LogP contribution in [0.15, 0.2) is 16.2 Å². The number of thiophene rings is 1. The topological polar surface area (TPSA) is 74.8 Å². The van der Waals surface area contributed by atoms with Crippen LogP contribution in [0.25, 0.3) is 0 Å². The monoisotopic (exact) mass is 305 g/mol. The fraction of sp³-hybridized carbons (Fsp3) is 0.400. The summed E-state index contributed by atoms with van der Waals surface area (Å²) in [5.41, 5.74) is 2.39. The van der Waals surface area contributed by atoms with Crippen molar-refractivity contribution in [1.82, 2.24) is 15.3 Å². The van der Waals surface area contributed by atoms with Crippen LogP contribution in [-0.4, -0.2) is 22.4 Å². The fourth-order valence-electron chi connectivity index (χ4n) is 2.26. The lowest BCUT2D eigenvalue weighted by atomic mass is 10.1. The van der Waals surface area contributed by atoms with Crippen LogP contribution in [0.5, 0.6) is 0 Å². The largest absolute Gasteiger partial charge is 0.352 e. The molecule has 1 amide bonds. The highest BCUT2D eigenvalue weighted by Crippen LogP contribution is 2.22. The minimum atomic E-state index is -0.162. The number of aryl methyl sites for hydroxylation is 2. The minimum absolute atomic E-state index is 0.0637. The molecule has 112 valence electrons. The van der Waals surface area contributed by atoms with Crippen molar-refractivity contribution in [2.45, 2.75) is 33.6 Å². The lowest BCUT2D eigenvalue weighted by Gasteiger charge is -2.06. The zero-order valence-corrected chi connectivity index (χ0v) is 13.3. The van der Waals surface area contributed by atoms with Crippen LogP contribution in [-0.2, 0) is 12.8 Å². The van der Waals surface area contributed by atoms with E-state index in [1.165, 1.54) is 10.9 Å². The van der Waals surface area contributed by atoms with Gasteiger partial charge in [0.25, 0.3) is 11.5 Å². The van der Waals surface area contributed by atoms with E-state index in [0.717, 1.165) is 17.5 Å². The summed E-state index contributed by atoms with van der Waals surface area (Å²) in [6, 6.07) is 1.45. The average Bonchev–Trinajstić information content (AvgIpc) is 2.78. The number of rotatable bonds is 5. The summed E-state index contributed by atoms with van der Waals surface area (Å²) >= 11 is 1.60. The molecule has 5 nitrogen and oxygen atoms in total. The Kier molecular flexibility index (Phi) is 4.90. The molecule has 0 aliphatic rings. The number of carbonyl (C=O) groups is 1. The first-order chi connectivity index (χ1) is 10.0. The number of amides is 1. The molecule has 0 saturated heterocycles. The van der Waals surface area contributed by atoms with Gasteiger partial charge in [-0.15, -0.1) is 11.3 Å². The Morgan fingerprint density at radius 1 is 1.43 bits per heavy atom. The third-order valence-electron chi connectivity index (χ3n) is 3.27. The van der Waals surface area contributed by atoms with Crippen LogP contribution in [0.2, 0.25) is 0 Å². The maximum absolute atomic E-state index is 12.2. The van der Waals surface area contributed by atoms with Crippen LogP contribution in [0.3, 0.4) is 0 Å². The Balaban J connectivity index is 1.96. The van der Waals surface area contributed by atoms with Gasteiger partial charge in [-0.2, -0.15) is 0 Å². The summed E-state index contributed by atoms with van der Waals surface area (Å²) in [7, 11) is 0. The van der Waals surface area contributed by atoms with Gasteiger partial charge in [-0.1, -0.05) is 6.92 Å². The van der Waals surface area contributed by atoms with Gasteiger partial charge in [-0.05, 0) is 25.8 Å². The number of nitrogens with one attached hydrogen (secondary N) is 2. The van der Waals surface area contributed by atoms with Gasteiger partial charge < -0.3 is 10.3 Å². The molecule has 0 bridgehead atoms. The van der Waals surface area contributed by atoms with Crippen molar-refractivity contribution in [3.8, 4) is 0 Å². The normalized spacial score (nSPS) is 10.6. The molecular formula is C15H19N3O2S. The Labute approximate surface area is 127 Å². The van der Waals surface area contributed by atoms with Gasteiger partial charge in [0.2, 0.25) is 0 Å². The van der Waals surface area contributed by atoms with Gasteiger partial charge >= 0.3 is 0 Å². The molecule has 2 aromatic rings. The number of hydrogen-bond donors (Lipinski definition) is 2. The smallest absolute Gasteiger partial charge is 0.252 e. The number of carbonyl (C=O) groups excluding carboxylic acids is 1. The third-order valence-corrected chi connectivity index (χ3v) is 4.22. The van der Waals surface area contributed by atoms with Crippen molar-refractivity contribution in [3.63, 3.8) is 0 Å². The zero-order valence-electron chi connectivity index (χ0n) is 12.4. The quantitative estimate of drug-likeness (QED) is 0.887. The molecule has 0 radical (unpaired) electrons. The van der Waals surface area contributed by atoms with Crippen molar-refractivity contribution >= 4 is 17.2 Å². The van der Waals surface area contributed by atoms with Crippen LogP contribution < -0.4 is 10.9 Å². The first-order valence-corrected chi connectivity index (χ1v) is 7.81. The standard InChI is InChI=1S/C15H19N3O2S/c1-4-11-10(3)21-8-12(11)15(20)16-6-5-13-17-9(2)7-14(19)18-13/h7-8H,4-6H2,1-3H3,(H,16,20)(H,17,18,19). The van der Waals surface area contributed by atoms with Crippen molar-refractivity contribution in [2.75, 3.05) is 6.54 Å². The molecule has 0 aromatic carbocycles. The SMILES string of the molecule is CCc1c(C(=O)NCCc2nc(C)cc(=O)[nH]2)csc1C. The van der Waals surface area contributed by atoms with E-state index >= 15 is 0 Å². The Hall–Kier alpha value is -1.95. The zero-order chi connectivity index (χ0) is 15.4. The van der Waals surface area contributed by atoms with Crippen LogP contribution in [0.4, 0.5) is 0 Å². The van der Waals surface area contributed by atoms with E-state index in [-0.39, 0.29) is 11.5 Å². The molecule has 2 aromatic heterocycles. The van der Waals surface area contributed by atoms with Gasteiger partial charge in [0.05, 0.1) is 5.56 Å². The molecule has 2 rings (SSSR count). The summed E-state index contributed by atoms with van der Waals surface area (Å²) in [4.78, 5) is 31.6. The maximum atomic E-state index is 12.2. The molecule has 0 spiro atoms. The summed E-state index contributed by atoms with van der Waals surface area (Å²) < 4.78 is 0. The highest BCUT2D eigenvalue weighted by molar-refractivity contribution is 7.10. The second kappa shape index (κ2) is 6.67. The predicted octanol–water partition coefficient (Wildman–Crippen LogP) is 1.98. The van der Waals surface area contributed by atoms with Crippen LogP contribution >= 0.6 is 11.3 Å². The Morgan fingerprint density at radius 2 is 2.19 bits per heavy atom. The third kappa shape index (κ3) is 3.78. The molecule has 0 fully saturated rings. The van der Waals surface area contributed by atoms with Crippen LogP contribution in [0, 0.1) is 13.8 Å². The van der Waals surface area contributed by atoms with Gasteiger partial charge in [-0.25, -0.2) is 4.98 Å². The Morgan fingerprint density at radius 3 is 2.86 bits per heavy atom. The predicted molar refractivity (Wildman–Crippen MR) is 84.1 cm³/mol. The second-order valence-electron chi connectivity index (χ2n) is 4.88. The molecule has 0 aliphatic carbocycles. The van der Waals surface area contributed by atoms with Crippen molar-refractivity contribution in [3.05, 3.63) is 49.3 Å². The number of nitrogens with zero attached hydrogens (tertiary/aromatic N) is 1. The summed E-state index contributed by atoms with van der Waals surface area (Å²) in [5, 5.41) is 4.78. The molecule has 6 heteroatoms. The van der Waals surface area contributed by atoms with E-state index < -0.39 is 0 Å². The highest BCUT2D eigenvalue weighted by atomic mass is 32.1. The second-order valence-corrected chi connectivity index (χ2v) is 5.96. The number of aromatic nitrogens is 2. The fourth-order valence-corrected chi connectivity index (χ4v) is 3.20. The molecule has 0 aliphatic heterocycles. The molecule has 0 unspecified atom stereocenters. The summed E-state index contributed by atoms with van der Waals surface area (Å²) in [6.45, 7) is 6.30. The van der Waals surface area contributed by atoms with E-state index in [4.69, 9.17) is 0 Å². The molecule has 2 N–H and O–H groups in total. The van der Waals surface area contributed by atoms with Crippen molar-refractivity contribution in [2.24, 2.45) is 0 Å². The molecule has 0 saturated carbocycles. The van der Waals surface area contributed by atoms with Crippen LogP contribution in [0.1, 0.15) is 39.2 Å². The number of H-pyrrole nitrogens is 1. The summed E-state index contributed by atoms with van der Waals surface area (Å²) in [6.07, 6.45) is 1.36. The molecular weight excluding hydrogens is 286 g/mol. The maximum Gasteiger partial charge on any atom is 0.252 e. The van der Waals surface area contributed by atoms with Gasteiger partial charge in [-0.3, -0.25) is 9.59 Å². The molecule has 21 heavy (non-hydrogen) atoms. The Bertz CT molecular complexity index is 703. The van der Waals surface area contributed by atoms with E-state index in [0.29, 0.717) is 24.5 Å². The lowest BCUT2D eigenvalue weighted by molar-refractivity contribution is 0.0953. The molecule has 0 atom stereocenters. The van der Waals surface area contributed by atoms with E-state index in [2.05, 4.69) is 15.3 Å². The van der Waals surface area contributed by atoms with E-state index in [1.807, 2.05) is 19.2 Å². The van der Waals surface area contributed by atoms with E-state index in [1.54, 1.807) is 18.3 Å². The first kappa shape index (κ1) is 15.4. The van der Waals surface area contributed by atoms with Gasteiger partial charge in [0, 0.05) is 35.0 Å². The molecule has 2 heterocycles. The minimum Gasteiger partial charge on any atom is -0.352 e. The first-order valence-electron chi connectivity index (χ1n) is 6.93. The van der Waals surface area contributed by atoms with Crippen molar-refractivity contribution < 1.29 is 4.79 Å². The van der Waals surface area contributed by atoms with Crippen molar-refractivity contribution in [1.29, 1.82) is 0 Å².